The fourth-order valence-corrected chi connectivity index (χ4v) is 6.14. The van der Waals surface area contributed by atoms with E-state index in [1.54, 1.807) is 12.3 Å². The van der Waals surface area contributed by atoms with Crippen LogP contribution in [0.2, 0.25) is 0 Å². The van der Waals surface area contributed by atoms with Crippen molar-refractivity contribution in [2.45, 2.75) is 52.1 Å². The van der Waals surface area contributed by atoms with Crippen LogP contribution in [-0.2, 0) is 14.3 Å². The number of nitrogens with zero attached hydrogens (tertiary/aromatic N) is 1. The van der Waals surface area contributed by atoms with Crippen LogP contribution in [0, 0.1) is 35.4 Å². The van der Waals surface area contributed by atoms with Crippen LogP contribution in [0.15, 0.2) is 48.7 Å². The summed E-state index contributed by atoms with van der Waals surface area (Å²) >= 11 is 0. The highest BCUT2D eigenvalue weighted by Gasteiger charge is 2.53. The highest BCUT2D eigenvalue weighted by Crippen LogP contribution is 2.53. The van der Waals surface area contributed by atoms with Gasteiger partial charge in [-0.25, -0.2) is 4.39 Å². The molecule has 7 heteroatoms. The van der Waals surface area contributed by atoms with Crippen LogP contribution in [0.4, 0.5) is 4.39 Å². The predicted octanol–water partition coefficient (Wildman–Crippen LogP) is 5.57. The number of carboxylic acid groups (broad SMARTS) is 1. The van der Waals surface area contributed by atoms with Crippen LogP contribution in [0.25, 0.3) is 17.2 Å². The van der Waals surface area contributed by atoms with E-state index in [2.05, 4.69) is 24.1 Å². The number of rotatable bonds is 3. The molecule has 6 nitrogen and oxygen atoms in total. The smallest absolute Gasteiger partial charge is 0.309 e. The summed E-state index contributed by atoms with van der Waals surface area (Å²) in [4.78, 5) is 25.4. The van der Waals surface area contributed by atoms with E-state index in [9.17, 15) is 9.18 Å². The summed E-state index contributed by atoms with van der Waals surface area (Å²) in [7, 11) is 0. The molecule has 1 aromatic heterocycles. The van der Waals surface area contributed by atoms with Crippen molar-refractivity contribution in [1.82, 2.24) is 4.98 Å². The average molecular weight is 497 g/mol. The molecule has 0 spiro atoms. The van der Waals surface area contributed by atoms with Gasteiger partial charge in [-0.15, -0.1) is 0 Å². The second-order valence-electron chi connectivity index (χ2n) is 9.70. The summed E-state index contributed by atoms with van der Waals surface area (Å²) in [6.07, 6.45) is 12.2. The molecule has 0 radical (unpaired) electrons. The third kappa shape index (κ3) is 6.58. The lowest BCUT2D eigenvalue weighted by atomic mass is 9.57. The van der Waals surface area contributed by atoms with E-state index in [0.717, 1.165) is 29.8 Å². The molecule has 1 saturated heterocycles. The van der Waals surface area contributed by atoms with Gasteiger partial charge in [0.2, 0.25) is 0 Å². The van der Waals surface area contributed by atoms with Crippen molar-refractivity contribution in [2.24, 2.45) is 35.3 Å². The monoisotopic (exact) mass is 496 g/mol. The zero-order valence-corrected chi connectivity index (χ0v) is 21.1. The number of halogens is 1. The number of cyclic esters (lactones) is 1. The lowest BCUT2D eigenvalue weighted by Crippen LogP contribution is -2.42. The van der Waals surface area contributed by atoms with Gasteiger partial charge in [0.1, 0.15) is 11.9 Å². The van der Waals surface area contributed by atoms with Gasteiger partial charge in [-0.1, -0.05) is 50.5 Å². The molecule has 1 aliphatic heterocycles. The number of carbonyl (C=O) groups excluding carboxylic acids is 1. The van der Waals surface area contributed by atoms with E-state index >= 15 is 0 Å². The average Bonchev–Trinajstić information content (AvgIpc) is 3.16. The molecule has 0 amide bonds. The Kier molecular flexibility index (Phi) is 10.2. The third-order valence-electron chi connectivity index (χ3n) is 7.51. The molecule has 3 unspecified atom stereocenters. The minimum atomic E-state index is -0.250. The topological polar surface area (TPSA) is 103 Å². The first-order chi connectivity index (χ1) is 17.4. The number of fused-ring (bicyclic) bond motifs is 2. The summed E-state index contributed by atoms with van der Waals surface area (Å²) in [6.45, 7) is 4.46. The number of esters is 1. The maximum absolute atomic E-state index is 13.5. The maximum atomic E-state index is 13.5. The lowest BCUT2D eigenvalue weighted by molar-refractivity contribution is -0.144. The number of nitrogens with two attached hydrogens (primary N) is 1. The summed E-state index contributed by atoms with van der Waals surface area (Å²) < 4.78 is 19.1. The van der Waals surface area contributed by atoms with Crippen molar-refractivity contribution in [3.05, 3.63) is 60.2 Å². The molecule has 3 aliphatic rings. The Morgan fingerprint density at radius 1 is 1.19 bits per heavy atom. The first-order valence-electron chi connectivity index (χ1n) is 12.8. The van der Waals surface area contributed by atoms with Crippen LogP contribution < -0.4 is 5.73 Å². The third-order valence-corrected chi connectivity index (χ3v) is 7.51. The van der Waals surface area contributed by atoms with Crippen molar-refractivity contribution < 1.29 is 23.8 Å². The van der Waals surface area contributed by atoms with Gasteiger partial charge in [0.15, 0.2) is 0 Å². The van der Waals surface area contributed by atoms with Gasteiger partial charge in [-0.05, 0) is 73.9 Å². The largest absolute Gasteiger partial charge is 0.483 e. The quantitative estimate of drug-likeness (QED) is 0.425. The van der Waals surface area contributed by atoms with E-state index in [0.29, 0.717) is 17.8 Å². The van der Waals surface area contributed by atoms with Gasteiger partial charge >= 0.3 is 5.97 Å². The van der Waals surface area contributed by atoms with E-state index < -0.39 is 0 Å². The lowest BCUT2D eigenvalue weighted by Gasteiger charge is -2.45. The molecule has 2 saturated carbocycles. The van der Waals surface area contributed by atoms with Crippen LogP contribution in [-0.4, -0.2) is 35.2 Å². The van der Waals surface area contributed by atoms with Gasteiger partial charge in [-0.2, -0.15) is 0 Å². The zero-order valence-electron chi connectivity index (χ0n) is 21.1. The molecule has 2 aromatic rings. The minimum absolute atomic E-state index is 0.00694. The van der Waals surface area contributed by atoms with Crippen molar-refractivity contribution in [3.63, 3.8) is 0 Å². The number of pyridine rings is 1. The molecule has 0 bridgehead atoms. The molecule has 1 aromatic carbocycles. The van der Waals surface area contributed by atoms with Gasteiger partial charge in [0.25, 0.3) is 6.47 Å². The molecular formula is C29H37FN2O4. The molecule has 194 valence electrons. The first kappa shape index (κ1) is 27.5. The van der Waals surface area contributed by atoms with E-state index in [-0.39, 0.29) is 36.2 Å². The molecule has 36 heavy (non-hydrogen) atoms. The Labute approximate surface area is 212 Å². The molecule has 3 N–H and O–H groups in total. The van der Waals surface area contributed by atoms with Crippen molar-refractivity contribution >= 4 is 18.5 Å². The van der Waals surface area contributed by atoms with Gasteiger partial charge in [0, 0.05) is 17.7 Å². The summed E-state index contributed by atoms with van der Waals surface area (Å²) in [5, 5.41) is 6.89. The Morgan fingerprint density at radius 2 is 1.92 bits per heavy atom. The van der Waals surface area contributed by atoms with Crippen molar-refractivity contribution in [3.8, 4) is 11.1 Å². The number of benzene rings is 1. The standard InChI is InChI=1S/C26H28FNO2.C2H7N.CH2O2/c1-16-25-23(22-8-3-2-5-18(22)14-24(25)26(29)30-16)12-11-21-10-9-19(15-28-21)17-6-4-7-20(27)13-17;1-2-3;2-1-3/h4,6-7,9-13,15-16,18,22-25H,2-3,5,8,14H2,1H3;2-3H2,1H3;1H,(H,2,3)/b12-11+;;/t16?,18?,22?,23-,24+,25-;;/m1../s1. The normalized spacial score (nSPS) is 28.5. The highest BCUT2D eigenvalue weighted by molar-refractivity contribution is 5.75. The van der Waals surface area contributed by atoms with E-state index in [1.165, 1.54) is 37.8 Å². The maximum Gasteiger partial charge on any atom is 0.309 e. The number of hydrogen-bond donors (Lipinski definition) is 2. The summed E-state index contributed by atoms with van der Waals surface area (Å²) in [5.74, 6) is 1.73. The molecule has 6 atom stereocenters. The number of ether oxygens (including phenoxy) is 1. The molecule has 2 heterocycles. The van der Waals surface area contributed by atoms with Gasteiger partial charge in [-0.3, -0.25) is 14.6 Å². The first-order valence-corrected chi connectivity index (χ1v) is 12.8. The highest BCUT2D eigenvalue weighted by atomic mass is 19.1. The SMILES string of the molecule is CC1OC(=O)[C@H]2CC3CCCCC3[C@@H](/C=C/c3ccc(-c4cccc(F)c4)cn3)[C@@H]12.CCN.O=CO. The minimum Gasteiger partial charge on any atom is -0.483 e. The fraction of sp³-hybridized carbons (Fsp3) is 0.483. The van der Waals surface area contributed by atoms with Crippen LogP contribution >= 0.6 is 0 Å². The predicted molar refractivity (Wildman–Crippen MR) is 138 cm³/mol. The fourth-order valence-electron chi connectivity index (χ4n) is 6.14. The Balaban J connectivity index is 0.000000550. The number of aromatic nitrogens is 1. The molecular weight excluding hydrogens is 459 g/mol. The molecule has 2 aliphatic carbocycles. The summed E-state index contributed by atoms with van der Waals surface area (Å²) in [5.41, 5.74) is 7.47. The number of hydrogen-bond acceptors (Lipinski definition) is 5. The van der Waals surface area contributed by atoms with Crippen molar-refractivity contribution in [2.75, 3.05) is 6.54 Å². The van der Waals surface area contributed by atoms with E-state index in [1.807, 2.05) is 25.1 Å². The van der Waals surface area contributed by atoms with Gasteiger partial charge < -0.3 is 15.6 Å². The van der Waals surface area contributed by atoms with Gasteiger partial charge in [0.05, 0.1) is 11.6 Å². The van der Waals surface area contributed by atoms with Crippen LogP contribution in [0.5, 0.6) is 0 Å². The molecule has 3 fully saturated rings. The molecule has 5 rings (SSSR count). The Hall–Kier alpha value is -3.06. The summed E-state index contributed by atoms with van der Waals surface area (Å²) in [6, 6.07) is 10.5. The van der Waals surface area contributed by atoms with Crippen molar-refractivity contribution in [1.29, 1.82) is 0 Å². The number of carbonyl (C=O) groups is 2. The van der Waals surface area contributed by atoms with Crippen LogP contribution in [0.3, 0.4) is 0 Å². The Morgan fingerprint density at radius 3 is 2.58 bits per heavy atom. The Bertz CT molecular complexity index is 1030. The second kappa shape index (κ2) is 13.3. The second-order valence-corrected chi connectivity index (χ2v) is 9.70. The van der Waals surface area contributed by atoms with E-state index in [4.69, 9.17) is 20.4 Å². The van der Waals surface area contributed by atoms with Crippen LogP contribution in [0.1, 0.15) is 51.6 Å². The number of allylic oxidation sites excluding steroid dienone is 1. The zero-order chi connectivity index (χ0) is 26.1.